The van der Waals surface area contributed by atoms with Gasteiger partial charge in [-0.25, -0.2) is 0 Å². The highest BCUT2D eigenvalue weighted by atomic mass is 32.1. The van der Waals surface area contributed by atoms with E-state index in [1.807, 2.05) is 22.7 Å². The fraction of sp³-hybridized carbons (Fsp3) is 0.164. The van der Waals surface area contributed by atoms with Crippen molar-refractivity contribution in [2.45, 2.75) is 58.8 Å². The second-order valence-electron chi connectivity index (χ2n) is 19.0. The highest BCUT2D eigenvalue weighted by molar-refractivity contribution is 7.40. The van der Waals surface area contributed by atoms with Crippen LogP contribution in [0.5, 0.6) is 0 Å². The van der Waals surface area contributed by atoms with Gasteiger partial charge in [0, 0.05) is 76.0 Å². The predicted molar refractivity (Wildman–Crippen MR) is 266 cm³/mol. The normalized spacial score (nSPS) is 14.2. The van der Waals surface area contributed by atoms with Gasteiger partial charge in [0.2, 0.25) is 0 Å². The van der Waals surface area contributed by atoms with Crippen molar-refractivity contribution >= 4 is 116 Å². The molecule has 0 saturated heterocycles. The molecule has 0 atom stereocenters. The van der Waals surface area contributed by atoms with Crippen LogP contribution >= 0.6 is 22.7 Å². The molecule has 2 bridgehead atoms. The Morgan fingerprint density at radius 1 is 0.426 bits per heavy atom. The molecule has 3 nitrogen and oxygen atoms in total. The molecule has 61 heavy (non-hydrogen) atoms. The van der Waals surface area contributed by atoms with Gasteiger partial charge in [0.1, 0.15) is 0 Å². The van der Waals surface area contributed by atoms with Crippen molar-refractivity contribution < 1.29 is 0 Å². The zero-order valence-corrected chi connectivity index (χ0v) is 37.1. The Labute approximate surface area is 367 Å². The Morgan fingerprint density at radius 3 is 1.62 bits per heavy atom. The summed E-state index contributed by atoms with van der Waals surface area (Å²) in [5.41, 5.74) is 17.8. The summed E-state index contributed by atoms with van der Waals surface area (Å²) in [5.74, 6) is 0. The molecule has 296 valence electrons. The Hall–Kier alpha value is -6.08. The molecule has 0 fully saturated rings. The van der Waals surface area contributed by atoms with Crippen molar-refractivity contribution in [3.63, 3.8) is 0 Å². The molecule has 3 aliphatic heterocycles. The minimum Gasteiger partial charge on any atom is -0.310 e. The van der Waals surface area contributed by atoms with Crippen LogP contribution in [-0.4, -0.2) is 6.71 Å². The summed E-state index contributed by atoms with van der Waals surface area (Å²) >= 11 is 3.96. The number of fused-ring (bicyclic) bond motifs is 10. The minimum atomic E-state index is -0.104. The zero-order chi connectivity index (χ0) is 41.4. The number of rotatable bonds is 2. The number of hydrogen-bond donors (Lipinski definition) is 0. The lowest BCUT2D eigenvalue weighted by Crippen LogP contribution is -2.59. The molecule has 2 aromatic heterocycles. The first kappa shape index (κ1) is 36.7. The zero-order valence-electron chi connectivity index (χ0n) is 35.5. The van der Waals surface area contributed by atoms with Gasteiger partial charge >= 0.3 is 0 Å². The monoisotopic (exact) mass is 823 g/mol. The number of hydrogen-bond acceptors (Lipinski definition) is 5. The molecule has 0 unspecified atom stereocenters. The molecule has 0 amide bonds. The first-order chi connectivity index (χ1) is 29.5. The second kappa shape index (κ2) is 13.2. The molecular formula is C55H46BN3S2. The van der Waals surface area contributed by atoms with Gasteiger partial charge < -0.3 is 14.7 Å². The predicted octanol–water partition coefficient (Wildman–Crippen LogP) is 14.2. The average Bonchev–Trinajstić information content (AvgIpc) is 3.83. The molecule has 9 aromatic rings. The maximum Gasteiger partial charge on any atom is 0.277 e. The summed E-state index contributed by atoms with van der Waals surface area (Å²) in [6, 6.07) is 59.9. The van der Waals surface area contributed by atoms with E-state index < -0.39 is 0 Å². The van der Waals surface area contributed by atoms with E-state index in [0.29, 0.717) is 0 Å². The minimum absolute atomic E-state index is 0.0580. The van der Waals surface area contributed by atoms with Gasteiger partial charge in [-0.3, -0.25) is 0 Å². The van der Waals surface area contributed by atoms with E-state index in [9.17, 15) is 0 Å². The van der Waals surface area contributed by atoms with E-state index in [1.54, 1.807) is 0 Å². The number of para-hydroxylation sites is 3. The van der Waals surface area contributed by atoms with Crippen LogP contribution in [0.25, 0.3) is 20.2 Å². The van der Waals surface area contributed by atoms with E-state index in [-0.39, 0.29) is 17.5 Å². The van der Waals surface area contributed by atoms with Gasteiger partial charge in [0.15, 0.2) is 0 Å². The van der Waals surface area contributed by atoms with E-state index in [4.69, 9.17) is 0 Å². The summed E-state index contributed by atoms with van der Waals surface area (Å²) in [6.45, 7) is 14.1. The Bertz CT molecular complexity index is 3220. The molecule has 6 heteroatoms. The van der Waals surface area contributed by atoms with Crippen LogP contribution in [0.4, 0.5) is 51.2 Å². The molecule has 0 aliphatic carbocycles. The van der Waals surface area contributed by atoms with Crippen LogP contribution in [0.3, 0.4) is 0 Å². The summed E-state index contributed by atoms with van der Waals surface area (Å²) < 4.78 is 5.47. The maximum absolute atomic E-state index is 2.68. The Morgan fingerprint density at radius 2 is 0.951 bits per heavy atom. The standard InChI is InChI=1S/C55H46BN3S2/c1-54(2,3)36-24-26-39(27-25-36)58-45-31-37(55(4,5)6)32-46-49(45)56(52-50(58)41-20-12-15-23-47(41)60-52)53-51-42-33-40(28-29-48(42)61-53)57(38-18-8-7-9-19-38)43-21-13-10-16-34(43)30-35-17-11-14-22-44(35)59(46)51/h7-29,31-33H,30H2,1-6H3. The molecule has 5 heterocycles. The van der Waals surface area contributed by atoms with Crippen LogP contribution in [-0.2, 0) is 17.3 Å². The quantitative estimate of drug-likeness (QED) is 0.161. The van der Waals surface area contributed by atoms with Crippen LogP contribution < -0.4 is 29.7 Å². The molecule has 7 aromatic carbocycles. The van der Waals surface area contributed by atoms with Crippen molar-refractivity contribution in [2.24, 2.45) is 0 Å². The average molecular weight is 824 g/mol. The molecule has 0 radical (unpaired) electrons. The lowest BCUT2D eigenvalue weighted by atomic mass is 9.39. The van der Waals surface area contributed by atoms with Crippen molar-refractivity contribution in [2.75, 3.05) is 14.7 Å². The number of nitrogens with zero attached hydrogens (tertiary/aromatic N) is 3. The van der Waals surface area contributed by atoms with Crippen molar-refractivity contribution in [3.8, 4) is 0 Å². The van der Waals surface area contributed by atoms with Crippen LogP contribution in [0.2, 0.25) is 0 Å². The van der Waals surface area contributed by atoms with E-state index in [0.717, 1.165) is 12.1 Å². The SMILES string of the molecule is CC(C)(C)c1ccc(N2c3cc(C(C)(C)C)cc4c3B(c3sc5ccccc5c32)c2sc3ccc5cc3c2N4c2ccccc2Cc2ccccc2N5c2ccccc2)cc1. The van der Waals surface area contributed by atoms with E-state index in [2.05, 4.69) is 214 Å². The summed E-state index contributed by atoms with van der Waals surface area (Å²) in [4.78, 5) is 7.77. The molecule has 12 rings (SSSR count). The first-order valence-electron chi connectivity index (χ1n) is 21.5. The van der Waals surface area contributed by atoms with Crippen LogP contribution in [0, 0.1) is 0 Å². The van der Waals surface area contributed by atoms with Crippen molar-refractivity contribution in [1.29, 1.82) is 0 Å². The number of anilines is 9. The third-order valence-corrected chi connectivity index (χ3v) is 15.6. The molecular weight excluding hydrogens is 778 g/mol. The van der Waals surface area contributed by atoms with Crippen molar-refractivity contribution in [3.05, 3.63) is 180 Å². The summed E-state index contributed by atoms with van der Waals surface area (Å²) in [7, 11) is 0. The van der Waals surface area contributed by atoms with Gasteiger partial charge in [-0.15, -0.1) is 22.7 Å². The highest BCUT2D eigenvalue weighted by Crippen LogP contribution is 2.53. The fourth-order valence-corrected chi connectivity index (χ4v) is 12.7. The third-order valence-electron chi connectivity index (χ3n) is 13.1. The topological polar surface area (TPSA) is 9.72 Å². The third kappa shape index (κ3) is 5.55. The highest BCUT2D eigenvalue weighted by Gasteiger charge is 2.48. The lowest BCUT2D eigenvalue weighted by molar-refractivity contribution is 0.590. The Balaban J connectivity index is 1.22. The smallest absolute Gasteiger partial charge is 0.277 e. The van der Waals surface area contributed by atoms with E-state index >= 15 is 0 Å². The van der Waals surface area contributed by atoms with Gasteiger partial charge in [-0.1, -0.05) is 126 Å². The molecule has 0 spiro atoms. The van der Waals surface area contributed by atoms with Crippen molar-refractivity contribution in [1.82, 2.24) is 0 Å². The van der Waals surface area contributed by atoms with Crippen LogP contribution in [0.1, 0.15) is 63.8 Å². The van der Waals surface area contributed by atoms with Gasteiger partial charge in [-0.05, 0) is 111 Å². The number of benzene rings is 7. The number of thiophene rings is 2. The Kier molecular flexibility index (Phi) is 7.96. The van der Waals surface area contributed by atoms with Gasteiger partial charge in [0.25, 0.3) is 6.71 Å². The summed E-state index contributed by atoms with van der Waals surface area (Å²) in [5, 5.41) is 2.61. The summed E-state index contributed by atoms with van der Waals surface area (Å²) in [6.07, 6.45) is 0.794. The largest absolute Gasteiger partial charge is 0.310 e. The lowest BCUT2D eigenvalue weighted by Gasteiger charge is -2.43. The fourth-order valence-electron chi connectivity index (χ4n) is 10.1. The first-order valence-corrected chi connectivity index (χ1v) is 23.1. The van der Waals surface area contributed by atoms with Gasteiger partial charge in [0.05, 0.1) is 11.4 Å². The van der Waals surface area contributed by atoms with Gasteiger partial charge in [-0.2, -0.15) is 0 Å². The maximum atomic E-state index is 2.68. The molecule has 3 aliphatic rings. The second-order valence-corrected chi connectivity index (χ2v) is 21.2. The molecule has 0 saturated carbocycles. The van der Waals surface area contributed by atoms with E-state index in [1.165, 1.54) is 103 Å². The molecule has 0 N–H and O–H groups in total. The van der Waals surface area contributed by atoms with Crippen LogP contribution in [0.15, 0.2) is 158 Å².